The third-order valence-corrected chi connectivity index (χ3v) is 4.31. The predicted molar refractivity (Wildman–Crippen MR) is 84.5 cm³/mol. The fraction of sp³-hybridized carbons (Fsp3) is 0.500. The third kappa shape index (κ3) is 3.08. The van der Waals surface area contributed by atoms with Gasteiger partial charge in [0.1, 0.15) is 0 Å². The van der Waals surface area contributed by atoms with Gasteiger partial charge in [0.25, 0.3) is 0 Å². The van der Waals surface area contributed by atoms with Gasteiger partial charge in [0.05, 0.1) is 12.1 Å². The number of aromatic nitrogens is 1. The number of alkyl halides is 3. The topological polar surface area (TPSA) is 9.29 Å². The second-order valence-corrected chi connectivity index (χ2v) is 6.79. The van der Waals surface area contributed by atoms with Gasteiger partial charge in [-0.15, -0.1) is 0 Å². The standard InChI is InChI=1S/C18H19F3N2/c1-11(2)8-13-9-14-16(23(13)10-12-4-5-12)7-6-15(22-3)17(14)18(19,20)21/h6-7,9,11-12H,4-5,8,10H2,1-2H3. The van der Waals surface area contributed by atoms with Gasteiger partial charge < -0.3 is 4.57 Å². The molecule has 1 aliphatic rings. The maximum Gasteiger partial charge on any atom is 0.408 e. The van der Waals surface area contributed by atoms with Gasteiger partial charge in [-0.1, -0.05) is 19.9 Å². The number of nitrogens with zero attached hydrogens (tertiary/aromatic N) is 2. The summed E-state index contributed by atoms with van der Waals surface area (Å²) >= 11 is 0. The Balaban J connectivity index is 2.25. The smallest absolute Gasteiger partial charge is 0.344 e. The van der Waals surface area contributed by atoms with Crippen molar-refractivity contribution in [2.45, 2.75) is 45.8 Å². The van der Waals surface area contributed by atoms with Crippen molar-refractivity contribution >= 4 is 16.6 Å². The Labute approximate surface area is 133 Å². The molecule has 1 saturated carbocycles. The van der Waals surface area contributed by atoms with Crippen LogP contribution >= 0.6 is 0 Å². The van der Waals surface area contributed by atoms with E-state index < -0.39 is 11.7 Å². The Kier molecular flexibility index (Phi) is 3.87. The van der Waals surface area contributed by atoms with Crippen LogP contribution in [0.2, 0.25) is 0 Å². The first-order chi connectivity index (χ1) is 10.8. The molecule has 0 unspecified atom stereocenters. The van der Waals surface area contributed by atoms with E-state index in [1.807, 2.05) is 4.57 Å². The number of fused-ring (bicyclic) bond motifs is 1. The van der Waals surface area contributed by atoms with Crippen LogP contribution in [0.3, 0.4) is 0 Å². The molecular weight excluding hydrogens is 301 g/mol. The fourth-order valence-electron chi connectivity index (χ4n) is 3.13. The van der Waals surface area contributed by atoms with E-state index in [1.54, 1.807) is 12.1 Å². The van der Waals surface area contributed by atoms with Crippen molar-refractivity contribution in [2.24, 2.45) is 11.8 Å². The molecule has 23 heavy (non-hydrogen) atoms. The molecule has 0 N–H and O–H groups in total. The monoisotopic (exact) mass is 320 g/mol. The molecule has 0 saturated heterocycles. The fourth-order valence-corrected chi connectivity index (χ4v) is 3.13. The molecule has 0 spiro atoms. The van der Waals surface area contributed by atoms with E-state index in [0.717, 1.165) is 31.5 Å². The van der Waals surface area contributed by atoms with Gasteiger partial charge in [-0.2, -0.15) is 13.2 Å². The molecule has 0 amide bonds. The second kappa shape index (κ2) is 5.59. The van der Waals surface area contributed by atoms with Crippen molar-refractivity contribution in [3.63, 3.8) is 0 Å². The van der Waals surface area contributed by atoms with Crippen LogP contribution in [0.25, 0.3) is 15.7 Å². The first kappa shape index (κ1) is 15.9. The summed E-state index contributed by atoms with van der Waals surface area (Å²) in [6, 6.07) is 4.63. The van der Waals surface area contributed by atoms with Crippen molar-refractivity contribution in [3.8, 4) is 0 Å². The van der Waals surface area contributed by atoms with Crippen molar-refractivity contribution in [2.75, 3.05) is 0 Å². The zero-order valence-electron chi connectivity index (χ0n) is 13.2. The SMILES string of the molecule is [C-]#[N+]c1ccc2c(cc(CC(C)C)n2CC2CC2)c1C(F)(F)F. The predicted octanol–water partition coefficient (Wildman–Crippen LogP) is 5.82. The van der Waals surface area contributed by atoms with E-state index in [4.69, 9.17) is 6.57 Å². The molecule has 0 aliphatic heterocycles. The molecule has 5 heteroatoms. The van der Waals surface area contributed by atoms with Crippen LogP contribution < -0.4 is 0 Å². The van der Waals surface area contributed by atoms with Gasteiger partial charge in [-0.25, -0.2) is 4.85 Å². The van der Waals surface area contributed by atoms with E-state index in [2.05, 4.69) is 18.7 Å². The quantitative estimate of drug-likeness (QED) is 0.628. The van der Waals surface area contributed by atoms with Gasteiger partial charge in [0, 0.05) is 23.1 Å². The first-order valence-electron chi connectivity index (χ1n) is 7.91. The van der Waals surface area contributed by atoms with Gasteiger partial charge >= 0.3 is 6.18 Å². The normalized spacial score (nSPS) is 15.3. The van der Waals surface area contributed by atoms with Gasteiger partial charge in [-0.05, 0) is 43.2 Å². The lowest BCUT2D eigenvalue weighted by Crippen LogP contribution is -2.08. The Morgan fingerprint density at radius 1 is 1.30 bits per heavy atom. The average molecular weight is 320 g/mol. The zero-order valence-corrected chi connectivity index (χ0v) is 13.2. The van der Waals surface area contributed by atoms with Crippen LogP contribution in [0.15, 0.2) is 18.2 Å². The minimum absolute atomic E-state index is 0.169. The molecule has 3 rings (SSSR count). The number of hydrogen-bond acceptors (Lipinski definition) is 0. The van der Waals surface area contributed by atoms with E-state index in [9.17, 15) is 13.2 Å². The molecule has 1 aromatic heterocycles. The van der Waals surface area contributed by atoms with Gasteiger partial charge in [0.15, 0.2) is 5.69 Å². The molecule has 0 radical (unpaired) electrons. The lowest BCUT2D eigenvalue weighted by Gasteiger charge is -2.13. The van der Waals surface area contributed by atoms with Crippen LogP contribution in [0, 0.1) is 18.4 Å². The summed E-state index contributed by atoms with van der Waals surface area (Å²) in [4.78, 5) is 3.08. The summed E-state index contributed by atoms with van der Waals surface area (Å²) in [7, 11) is 0. The molecule has 2 nitrogen and oxygen atoms in total. The molecule has 122 valence electrons. The highest BCUT2D eigenvalue weighted by Crippen LogP contribution is 2.43. The van der Waals surface area contributed by atoms with Crippen molar-refractivity contribution < 1.29 is 13.2 Å². The minimum atomic E-state index is -4.51. The largest absolute Gasteiger partial charge is 0.408 e. The van der Waals surface area contributed by atoms with Crippen LogP contribution in [0.1, 0.15) is 37.9 Å². The maximum atomic E-state index is 13.5. The van der Waals surface area contributed by atoms with Gasteiger partial charge in [-0.3, -0.25) is 0 Å². The molecule has 0 atom stereocenters. The number of halogens is 3. The summed E-state index contributed by atoms with van der Waals surface area (Å²) in [6.07, 6.45) is -1.48. The summed E-state index contributed by atoms with van der Waals surface area (Å²) < 4.78 is 42.5. The molecule has 1 fully saturated rings. The lowest BCUT2D eigenvalue weighted by molar-refractivity contribution is -0.135. The van der Waals surface area contributed by atoms with E-state index in [-0.39, 0.29) is 11.1 Å². The molecule has 1 aromatic carbocycles. The molecule has 0 bridgehead atoms. The van der Waals surface area contributed by atoms with Crippen LogP contribution in [0.5, 0.6) is 0 Å². The Morgan fingerprint density at radius 3 is 2.52 bits per heavy atom. The average Bonchev–Trinajstić information content (AvgIpc) is 3.20. The maximum absolute atomic E-state index is 13.5. The molecular formula is C18H19F3N2. The Morgan fingerprint density at radius 2 is 2.00 bits per heavy atom. The second-order valence-electron chi connectivity index (χ2n) is 6.79. The Hall–Kier alpha value is -1.96. The molecule has 1 heterocycles. The molecule has 2 aromatic rings. The van der Waals surface area contributed by atoms with E-state index in [0.29, 0.717) is 17.4 Å². The van der Waals surface area contributed by atoms with Crippen molar-refractivity contribution in [1.29, 1.82) is 0 Å². The highest BCUT2D eigenvalue weighted by Gasteiger charge is 2.36. The lowest BCUT2D eigenvalue weighted by atomic mass is 10.1. The van der Waals surface area contributed by atoms with Crippen LogP contribution in [-0.2, 0) is 19.1 Å². The van der Waals surface area contributed by atoms with E-state index >= 15 is 0 Å². The third-order valence-electron chi connectivity index (χ3n) is 4.31. The summed E-state index contributed by atoms with van der Waals surface area (Å²) in [5.74, 6) is 0.943. The van der Waals surface area contributed by atoms with Gasteiger partial charge in [0.2, 0.25) is 0 Å². The van der Waals surface area contributed by atoms with E-state index in [1.165, 1.54) is 6.07 Å². The first-order valence-corrected chi connectivity index (χ1v) is 7.91. The van der Waals surface area contributed by atoms with Crippen LogP contribution in [0.4, 0.5) is 18.9 Å². The Bertz CT molecular complexity index is 774. The number of rotatable bonds is 4. The number of benzene rings is 1. The highest BCUT2D eigenvalue weighted by atomic mass is 19.4. The van der Waals surface area contributed by atoms with Crippen molar-refractivity contribution in [3.05, 3.63) is 40.9 Å². The summed E-state index contributed by atoms with van der Waals surface area (Å²) in [5.41, 5.74) is 0.441. The minimum Gasteiger partial charge on any atom is -0.344 e. The van der Waals surface area contributed by atoms with Crippen LogP contribution in [-0.4, -0.2) is 4.57 Å². The highest BCUT2D eigenvalue weighted by molar-refractivity contribution is 5.90. The van der Waals surface area contributed by atoms with Crippen molar-refractivity contribution in [1.82, 2.24) is 4.57 Å². The number of hydrogen-bond donors (Lipinski definition) is 0. The zero-order chi connectivity index (χ0) is 16.8. The summed E-state index contributed by atoms with van der Waals surface area (Å²) in [5, 5.41) is 0.169. The molecule has 1 aliphatic carbocycles. The summed E-state index contributed by atoms with van der Waals surface area (Å²) in [6.45, 7) is 12.0.